The van der Waals surface area contributed by atoms with E-state index in [0.717, 1.165) is 4.57 Å². The molecule has 0 aliphatic heterocycles. The summed E-state index contributed by atoms with van der Waals surface area (Å²) < 4.78 is 17.2. The van der Waals surface area contributed by atoms with Crippen LogP contribution in [0.4, 0.5) is 4.39 Å². The Hall–Kier alpha value is -3.22. The molecule has 0 fully saturated rings. The average Bonchev–Trinajstić information content (AvgIpc) is 2.72. The highest BCUT2D eigenvalue weighted by Gasteiger charge is 2.17. The monoisotopic (exact) mass is 382 g/mol. The number of nitrogens with zero attached hydrogens (tertiary/aromatic N) is 3. The number of halogens is 1. The van der Waals surface area contributed by atoms with Gasteiger partial charge in [0.1, 0.15) is 5.82 Å². The molecule has 0 saturated carbocycles. The summed E-state index contributed by atoms with van der Waals surface area (Å²) >= 11 is 0. The van der Waals surface area contributed by atoms with Crippen LogP contribution >= 0.6 is 0 Å². The quantitative estimate of drug-likeness (QED) is 0.558. The zero-order chi connectivity index (χ0) is 20.5. The number of fused-ring (bicyclic) bond motifs is 1. The van der Waals surface area contributed by atoms with Crippen molar-refractivity contribution in [2.45, 2.75) is 33.7 Å². The van der Waals surface area contributed by atoms with E-state index in [-0.39, 0.29) is 11.1 Å². The highest BCUT2D eigenvalue weighted by molar-refractivity contribution is 5.76. The second-order valence-corrected chi connectivity index (χ2v) is 7.83. The number of rotatable bonds is 3. The first kappa shape index (κ1) is 19.5. The molecule has 0 aliphatic rings. The summed E-state index contributed by atoms with van der Waals surface area (Å²) in [5, 5.41) is 3.03. The van der Waals surface area contributed by atoms with Gasteiger partial charge >= 0.3 is 0 Å². The van der Waals surface area contributed by atoms with Crippen LogP contribution < -0.4 is 22.3 Å². The Kier molecular flexibility index (Phi) is 5.18. The molecular weight excluding hydrogens is 359 g/mol. The maximum Gasteiger partial charge on any atom is 0.289 e. The van der Waals surface area contributed by atoms with E-state index in [0.29, 0.717) is 24.0 Å². The van der Waals surface area contributed by atoms with Gasteiger partial charge in [-0.3, -0.25) is 14.2 Å². The molecule has 2 N–H and O–H groups in total. The predicted octanol–water partition coefficient (Wildman–Crippen LogP) is 2.50. The van der Waals surface area contributed by atoms with Gasteiger partial charge in [-0.1, -0.05) is 45.0 Å². The Labute approximate surface area is 161 Å². The van der Waals surface area contributed by atoms with Crippen LogP contribution in [0.1, 0.15) is 27.2 Å². The molecule has 28 heavy (non-hydrogen) atoms. The molecule has 0 aliphatic carbocycles. The van der Waals surface area contributed by atoms with Crippen LogP contribution in [0.3, 0.4) is 0 Å². The SMILES string of the molecule is CC(C)(C)CCn1c(=O)c(=NN)c(=O)n(-c2ccccc2F)c2ccccc21. The minimum absolute atomic E-state index is 0.0310. The number of hydrogen-bond acceptors (Lipinski definition) is 4. The lowest BCUT2D eigenvalue weighted by Gasteiger charge is -2.19. The van der Waals surface area contributed by atoms with E-state index >= 15 is 0 Å². The van der Waals surface area contributed by atoms with E-state index in [1.807, 2.05) is 0 Å². The molecule has 146 valence electrons. The van der Waals surface area contributed by atoms with E-state index in [1.54, 1.807) is 30.3 Å². The summed E-state index contributed by atoms with van der Waals surface area (Å²) in [5.41, 5.74) is -0.444. The third-order valence-electron chi connectivity index (χ3n) is 4.57. The van der Waals surface area contributed by atoms with E-state index in [1.165, 1.54) is 22.8 Å². The lowest BCUT2D eigenvalue weighted by molar-refractivity contribution is 0.350. The summed E-state index contributed by atoms with van der Waals surface area (Å²) in [4.78, 5) is 26.3. The van der Waals surface area contributed by atoms with Crippen molar-refractivity contribution in [1.82, 2.24) is 9.13 Å². The van der Waals surface area contributed by atoms with Crippen molar-refractivity contribution in [2.24, 2.45) is 16.4 Å². The molecule has 3 aromatic rings. The van der Waals surface area contributed by atoms with E-state index in [4.69, 9.17) is 5.84 Å². The van der Waals surface area contributed by atoms with Crippen LogP contribution in [0.15, 0.2) is 63.2 Å². The van der Waals surface area contributed by atoms with Gasteiger partial charge in [0.05, 0.1) is 16.7 Å². The number of nitrogens with two attached hydrogens (primary N) is 1. The van der Waals surface area contributed by atoms with Crippen molar-refractivity contribution in [2.75, 3.05) is 0 Å². The van der Waals surface area contributed by atoms with Gasteiger partial charge in [-0.05, 0) is 36.1 Å². The molecule has 1 aromatic heterocycles. The van der Waals surface area contributed by atoms with Crippen molar-refractivity contribution < 1.29 is 4.39 Å². The number of para-hydroxylation sites is 3. The zero-order valence-corrected chi connectivity index (χ0v) is 16.1. The first-order chi connectivity index (χ1) is 13.2. The summed E-state index contributed by atoms with van der Waals surface area (Å²) in [5.74, 6) is 4.82. The van der Waals surface area contributed by atoms with Crippen molar-refractivity contribution in [3.8, 4) is 5.69 Å². The lowest BCUT2D eigenvalue weighted by atomic mass is 9.92. The molecule has 0 radical (unpaired) electrons. The molecule has 2 aromatic carbocycles. The lowest BCUT2D eigenvalue weighted by Crippen LogP contribution is -2.45. The topological polar surface area (TPSA) is 82.4 Å². The second kappa shape index (κ2) is 7.42. The normalized spacial score (nSPS) is 12.5. The van der Waals surface area contributed by atoms with Gasteiger partial charge in [0, 0.05) is 6.54 Å². The van der Waals surface area contributed by atoms with Gasteiger partial charge in [-0.2, -0.15) is 5.10 Å². The van der Waals surface area contributed by atoms with Crippen LogP contribution in [-0.2, 0) is 6.54 Å². The van der Waals surface area contributed by atoms with Crippen LogP contribution in [0, 0.1) is 11.2 Å². The van der Waals surface area contributed by atoms with Crippen LogP contribution in [-0.4, -0.2) is 9.13 Å². The number of benzene rings is 2. The van der Waals surface area contributed by atoms with E-state index in [2.05, 4.69) is 25.9 Å². The molecule has 0 atom stereocenters. The molecule has 0 spiro atoms. The third kappa shape index (κ3) is 3.60. The van der Waals surface area contributed by atoms with Crippen molar-refractivity contribution in [3.63, 3.8) is 0 Å². The fourth-order valence-electron chi connectivity index (χ4n) is 3.08. The fourth-order valence-corrected chi connectivity index (χ4v) is 3.08. The summed E-state index contributed by atoms with van der Waals surface area (Å²) in [6.45, 7) is 6.57. The zero-order valence-electron chi connectivity index (χ0n) is 16.1. The Balaban J connectivity index is 2.54. The minimum atomic E-state index is -0.761. The average molecular weight is 382 g/mol. The molecule has 1 heterocycles. The standard InChI is InChI=1S/C21H23FN4O2/c1-21(2,3)12-13-25-16-10-6-7-11-17(16)26(15-9-5-4-8-14(15)22)20(28)18(24-23)19(25)27/h4-11H,12-13,23H2,1-3H3. The molecule has 6 nitrogen and oxygen atoms in total. The molecule has 0 bridgehead atoms. The highest BCUT2D eigenvalue weighted by atomic mass is 19.1. The fraction of sp³-hybridized carbons (Fsp3) is 0.286. The molecular formula is C21H23FN4O2. The Bertz CT molecular complexity index is 1220. The molecule has 0 saturated heterocycles. The van der Waals surface area contributed by atoms with Gasteiger partial charge in [-0.15, -0.1) is 0 Å². The molecule has 7 heteroatoms. The van der Waals surface area contributed by atoms with Crippen LogP contribution in [0.5, 0.6) is 0 Å². The number of aromatic nitrogens is 2. The predicted molar refractivity (Wildman–Crippen MR) is 108 cm³/mol. The molecule has 0 amide bonds. The Morgan fingerprint density at radius 3 is 2.18 bits per heavy atom. The first-order valence-corrected chi connectivity index (χ1v) is 9.02. The van der Waals surface area contributed by atoms with Gasteiger partial charge in [-0.25, -0.2) is 4.39 Å². The second-order valence-electron chi connectivity index (χ2n) is 7.83. The maximum absolute atomic E-state index is 14.5. The van der Waals surface area contributed by atoms with Crippen LogP contribution in [0.2, 0.25) is 0 Å². The van der Waals surface area contributed by atoms with E-state index in [9.17, 15) is 14.0 Å². The van der Waals surface area contributed by atoms with Gasteiger partial charge in [0.25, 0.3) is 11.1 Å². The van der Waals surface area contributed by atoms with Crippen molar-refractivity contribution in [1.29, 1.82) is 0 Å². The third-order valence-corrected chi connectivity index (χ3v) is 4.57. The summed E-state index contributed by atoms with van der Waals surface area (Å²) in [6, 6.07) is 12.8. The minimum Gasteiger partial charge on any atom is -0.322 e. The number of aryl methyl sites for hydroxylation is 1. The van der Waals surface area contributed by atoms with Gasteiger partial charge < -0.3 is 10.4 Å². The highest BCUT2D eigenvalue weighted by Crippen LogP contribution is 2.21. The Morgan fingerprint density at radius 1 is 0.964 bits per heavy atom. The van der Waals surface area contributed by atoms with Crippen molar-refractivity contribution >= 4 is 11.0 Å². The van der Waals surface area contributed by atoms with Crippen LogP contribution in [0.25, 0.3) is 16.7 Å². The summed E-state index contributed by atoms with van der Waals surface area (Å²) in [7, 11) is 0. The first-order valence-electron chi connectivity index (χ1n) is 9.02. The summed E-state index contributed by atoms with van der Waals surface area (Å²) in [6.07, 6.45) is 0.693. The maximum atomic E-state index is 14.5. The van der Waals surface area contributed by atoms with Crippen molar-refractivity contribution in [3.05, 3.63) is 80.4 Å². The van der Waals surface area contributed by atoms with Gasteiger partial charge in [0.2, 0.25) is 5.36 Å². The van der Waals surface area contributed by atoms with E-state index < -0.39 is 22.3 Å². The van der Waals surface area contributed by atoms with Gasteiger partial charge in [0.15, 0.2) is 0 Å². The molecule has 3 rings (SSSR count). The Morgan fingerprint density at radius 2 is 1.57 bits per heavy atom. The largest absolute Gasteiger partial charge is 0.322 e. The smallest absolute Gasteiger partial charge is 0.289 e. The molecule has 0 unspecified atom stereocenters. The number of hydrogen-bond donors (Lipinski definition) is 1.